The first-order valence-corrected chi connectivity index (χ1v) is 7.74. The molecule has 1 unspecified atom stereocenters. The van der Waals surface area contributed by atoms with Crippen LogP contribution < -0.4 is 4.74 Å². The summed E-state index contributed by atoms with van der Waals surface area (Å²) >= 11 is 1.81. The van der Waals surface area contributed by atoms with Crippen molar-refractivity contribution < 1.29 is 9.66 Å². The van der Waals surface area contributed by atoms with Crippen molar-refractivity contribution in [3.8, 4) is 5.75 Å². The highest BCUT2D eigenvalue weighted by atomic mass is 32.2. The van der Waals surface area contributed by atoms with Gasteiger partial charge in [-0.15, -0.1) is 11.8 Å². The molecule has 4 nitrogen and oxygen atoms in total. The molecule has 0 aliphatic carbocycles. The summed E-state index contributed by atoms with van der Waals surface area (Å²) in [5.41, 5.74) is 2.11. The van der Waals surface area contributed by atoms with Crippen LogP contribution in [0.1, 0.15) is 17.0 Å². The zero-order chi connectivity index (χ0) is 14.8. The fourth-order valence-corrected chi connectivity index (χ4v) is 3.75. The van der Waals surface area contributed by atoms with Gasteiger partial charge in [0.25, 0.3) is 0 Å². The van der Waals surface area contributed by atoms with Gasteiger partial charge in [0, 0.05) is 22.6 Å². The summed E-state index contributed by atoms with van der Waals surface area (Å²) in [6.07, 6.45) is 0. The number of aryl methyl sites for hydroxylation is 1. The third-order valence-corrected chi connectivity index (χ3v) is 4.87. The summed E-state index contributed by atoms with van der Waals surface area (Å²) in [4.78, 5) is 12.0. The van der Waals surface area contributed by atoms with E-state index in [1.54, 1.807) is 6.07 Å². The maximum Gasteiger partial charge on any atom is 0.311 e. The molecule has 1 aliphatic rings. The molecule has 2 aromatic carbocycles. The van der Waals surface area contributed by atoms with E-state index in [0.717, 1.165) is 11.3 Å². The average molecular weight is 301 g/mol. The minimum absolute atomic E-state index is 0.0361. The maximum absolute atomic E-state index is 11.1. The number of para-hydroxylation sites is 1. The van der Waals surface area contributed by atoms with Crippen LogP contribution in [-0.4, -0.2) is 17.3 Å². The van der Waals surface area contributed by atoms with Crippen LogP contribution in [0.25, 0.3) is 0 Å². The molecule has 0 bridgehead atoms. The lowest BCUT2D eigenvalue weighted by atomic mass is 10.0. The fraction of sp³-hybridized carbons (Fsp3) is 0.250. The Kier molecular flexibility index (Phi) is 3.84. The van der Waals surface area contributed by atoms with Gasteiger partial charge in [-0.2, -0.15) is 0 Å². The van der Waals surface area contributed by atoms with Gasteiger partial charge < -0.3 is 4.74 Å². The summed E-state index contributed by atoms with van der Waals surface area (Å²) in [5, 5.41) is 11.1. The van der Waals surface area contributed by atoms with Crippen molar-refractivity contribution >= 4 is 17.4 Å². The highest BCUT2D eigenvalue weighted by Crippen LogP contribution is 2.40. The summed E-state index contributed by atoms with van der Waals surface area (Å²) in [6.45, 7) is 2.30. The molecule has 0 fully saturated rings. The number of thioether (sulfide) groups is 1. The molecule has 3 rings (SSSR count). The highest BCUT2D eigenvalue weighted by molar-refractivity contribution is 7.99. The summed E-state index contributed by atoms with van der Waals surface area (Å²) < 4.78 is 5.82. The summed E-state index contributed by atoms with van der Waals surface area (Å²) in [6, 6.07) is 13.3. The predicted molar refractivity (Wildman–Crippen MR) is 83.2 cm³/mol. The van der Waals surface area contributed by atoms with E-state index < -0.39 is 0 Å². The molecule has 0 spiro atoms. The lowest BCUT2D eigenvalue weighted by Crippen LogP contribution is -2.11. The van der Waals surface area contributed by atoms with E-state index in [-0.39, 0.29) is 16.5 Å². The Balaban J connectivity index is 1.79. The third kappa shape index (κ3) is 2.74. The number of hydrogen-bond donors (Lipinski definition) is 0. The largest absolute Gasteiger partial charge is 0.486 e. The van der Waals surface area contributed by atoms with Gasteiger partial charge in [-0.1, -0.05) is 30.3 Å². The molecule has 0 N–H and O–H groups in total. The van der Waals surface area contributed by atoms with Crippen molar-refractivity contribution in [1.82, 2.24) is 0 Å². The minimum Gasteiger partial charge on any atom is -0.486 e. The van der Waals surface area contributed by atoms with Crippen LogP contribution in [0.15, 0.2) is 47.4 Å². The molecular weight excluding hydrogens is 286 g/mol. The van der Waals surface area contributed by atoms with Gasteiger partial charge in [0.15, 0.2) is 5.75 Å². The minimum atomic E-state index is -0.389. The topological polar surface area (TPSA) is 52.4 Å². The molecule has 0 amide bonds. The number of nitro benzene ring substituents is 1. The van der Waals surface area contributed by atoms with Crippen molar-refractivity contribution in [2.45, 2.75) is 17.7 Å². The molecule has 0 aromatic heterocycles. The number of fused-ring (bicyclic) bond motifs is 1. The molecule has 0 radical (unpaired) electrons. The van der Waals surface area contributed by atoms with E-state index in [2.05, 4.69) is 12.1 Å². The Morgan fingerprint density at radius 2 is 2.10 bits per heavy atom. The number of rotatable bonds is 4. The number of benzene rings is 2. The Labute approximate surface area is 127 Å². The van der Waals surface area contributed by atoms with Crippen LogP contribution in [-0.2, 0) is 0 Å². The lowest BCUT2D eigenvalue weighted by molar-refractivity contribution is -0.385. The number of nitro groups is 1. The molecule has 2 aromatic rings. The standard InChI is InChI=1S/C16H15NO3S/c1-11-5-4-7-14(17(18)19)16(11)20-9-12-10-21-15-8-3-2-6-13(12)15/h2-8,12H,9-10H2,1H3. The van der Waals surface area contributed by atoms with Crippen molar-refractivity contribution in [3.05, 3.63) is 63.7 Å². The van der Waals surface area contributed by atoms with Crippen molar-refractivity contribution in [2.75, 3.05) is 12.4 Å². The van der Waals surface area contributed by atoms with Gasteiger partial charge in [-0.3, -0.25) is 10.1 Å². The van der Waals surface area contributed by atoms with Gasteiger partial charge >= 0.3 is 5.69 Å². The van der Waals surface area contributed by atoms with E-state index in [1.165, 1.54) is 16.5 Å². The molecular formula is C16H15NO3S. The van der Waals surface area contributed by atoms with E-state index >= 15 is 0 Å². The van der Waals surface area contributed by atoms with Gasteiger partial charge in [-0.05, 0) is 24.1 Å². The smallest absolute Gasteiger partial charge is 0.311 e. The Bertz CT molecular complexity index is 687. The first-order valence-electron chi connectivity index (χ1n) is 6.75. The molecule has 1 heterocycles. The van der Waals surface area contributed by atoms with Crippen LogP contribution in [0.2, 0.25) is 0 Å². The van der Waals surface area contributed by atoms with Crippen LogP contribution in [0, 0.1) is 17.0 Å². The van der Waals surface area contributed by atoms with Crippen LogP contribution >= 0.6 is 11.8 Å². The van der Waals surface area contributed by atoms with Gasteiger partial charge in [0.1, 0.15) is 0 Å². The quantitative estimate of drug-likeness (QED) is 0.628. The third-order valence-electron chi connectivity index (χ3n) is 3.62. The van der Waals surface area contributed by atoms with Crippen LogP contribution in [0.3, 0.4) is 0 Å². The zero-order valence-corrected chi connectivity index (χ0v) is 12.4. The molecule has 5 heteroatoms. The average Bonchev–Trinajstić information content (AvgIpc) is 2.89. The molecule has 1 aliphatic heterocycles. The van der Waals surface area contributed by atoms with Gasteiger partial charge in [0.2, 0.25) is 0 Å². The fourth-order valence-electron chi connectivity index (χ4n) is 2.52. The van der Waals surface area contributed by atoms with E-state index in [4.69, 9.17) is 4.74 Å². The number of nitrogens with zero attached hydrogens (tertiary/aromatic N) is 1. The van der Waals surface area contributed by atoms with Gasteiger partial charge in [0.05, 0.1) is 11.5 Å². The SMILES string of the molecule is Cc1cccc([N+](=O)[O-])c1OCC1CSc2ccccc21. The normalized spacial score (nSPS) is 16.5. The monoisotopic (exact) mass is 301 g/mol. The van der Waals surface area contributed by atoms with Crippen molar-refractivity contribution in [1.29, 1.82) is 0 Å². The van der Waals surface area contributed by atoms with E-state index in [1.807, 2.05) is 36.9 Å². The predicted octanol–water partition coefficient (Wildman–Crippen LogP) is 4.17. The lowest BCUT2D eigenvalue weighted by Gasteiger charge is -2.14. The van der Waals surface area contributed by atoms with Gasteiger partial charge in [-0.25, -0.2) is 0 Å². The van der Waals surface area contributed by atoms with E-state index in [0.29, 0.717) is 12.4 Å². The Morgan fingerprint density at radius 1 is 1.29 bits per heavy atom. The second kappa shape index (κ2) is 5.77. The molecule has 1 atom stereocenters. The Hall–Kier alpha value is -2.01. The zero-order valence-electron chi connectivity index (χ0n) is 11.6. The van der Waals surface area contributed by atoms with Crippen LogP contribution in [0.5, 0.6) is 5.75 Å². The second-order valence-corrected chi connectivity index (χ2v) is 6.10. The Morgan fingerprint density at radius 3 is 2.90 bits per heavy atom. The first kappa shape index (κ1) is 13.9. The second-order valence-electron chi connectivity index (χ2n) is 5.04. The van der Waals surface area contributed by atoms with E-state index in [9.17, 15) is 10.1 Å². The molecule has 0 saturated carbocycles. The maximum atomic E-state index is 11.1. The van der Waals surface area contributed by atoms with Crippen molar-refractivity contribution in [3.63, 3.8) is 0 Å². The first-order chi connectivity index (χ1) is 10.2. The summed E-state index contributed by atoms with van der Waals surface area (Å²) in [5.74, 6) is 1.63. The van der Waals surface area contributed by atoms with Crippen LogP contribution in [0.4, 0.5) is 5.69 Å². The number of ether oxygens (including phenoxy) is 1. The summed E-state index contributed by atoms with van der Waals surface area (Å²) in [7, 11) is 0. The number of hydrogen-bond acceptors (Lipinski definition) is 4. The van der Waals surface area contributed by atoms with Crippen molar-refractivity contribution in [2.24, 2.45) is 0 Å². The molecule has 21 heavy (non-hydrogen) atoms. The molecule has 0 saturated heterocycles. The molecule has 108 valence electrons. The highest BCUT2D eigenvalue weighted by Gasteiger charge is 2.25.